The van der Waals surface area contributed by atoms with Crippen LogP contribution in [0.5, 0.6) is 5.88 Å². The van der Waals surface area contributed by atoms with Gasteiger partial charge in [-0.15, -0.1) is 0 Å². The molecule has 0 radical (unpaired) electrons. The quantitative estimate of drug-likeness (QED) is 0.786. The van der Waals surface area contributed by atoms with Crippen molar-refractivity contribution >= 4 is 23.1 Å². The van der Waals surface area contributed by atoms with E-state index in [4.69, 9.17) is 9.47 Å². The molecule has 3 heterocycles. The second kappa shape index (κ2) is 9.14. The fourth-order valence-electron chi connectivity index (χ4n) is 4.88. The topological polar surface area (TPSA) is 66.9 Å². The number of rotatable bonds is 5. The number of carbonyl (C=O) groups excluding carboxylic acids is 1. The fraction of sp³-hybridized carbons (Fsp3) is 0.500. The van der Waals surface area contributed by atoms with Crippen LogP contribution in [0.25, 0.3) is 0 Å². The highest BCUT2D eigenvalue weighted by molar-refractivity contribution is 5.94. The van der Waals surface area contributed by atoms with Crippen molar-refractivity contribution in [3.63, 3.8) is 0 Å². The highest BCUT2D eigenvalue weighted by Gasteiger charge is 2.40. The smallest absolute Gasteiger partial charge is 0.224 e. The first-order valence-electron chi connectivity index (χ1n) is 11.1. The zero-order chi connectivity index (χ0) is 22.0. The maximum Gasteiger partial charge on any atom is 0.224 e. The van der Waals surface area contributed by atoms with Gasteiger partial charge >= 0.3 is 0 Å². The fourth-order valence-corrected chi connectivity index (χ4v) is 4.88. The Hall–Kier alpha value is -2.80. The standard InChI is InChI=1S/C24H32N4O3/c1-5-20-16(2)24(26-22-7-6-8-23(25-22)30-4)19-15-18(27-11-13-31-14-12-27)9-10-21(19)28(20)17(3)29/h6-10,15-16,20,24H,5,11-14H2,1-4H3,(H,25,26)/t16-,20?,24+/m0/s1. The molecule has 0 saturated carbocycles. The Morgan fingerprint density at radius 3 is 2.71 bits per heavy atom. The van der Waals surface area contributed by atoms with Crippen LogP contribution in [0.1, 0.15) is 38.8 Å². The Morgan fingerprint density at radius 1 is 1.26 bits per heavy atom. The van der Waals surface area contributed by atoms with Crippen molar-refractivity contribution in [3.8, 4) is 5.88 Å². The summed E-state index contributed by atoms with van der Waals surface area (Å²) in [6.45, 7) is 9.24. The minimum absolute atomic E-state index is 0.0242. The monoisotopic (exact) mass is 424 g/mol. The average Bonchev–Trinajstić information content (AvgIpc) is 2.80. The number of amides is 1. The first kappa shape index (κ1) is 21.4. The SMILES string of the molecule is CCC1[C@H](C)[C@@H](Nc2cccc(OC)n2)c2cc(N3CCOCC3)ccc2N1C(C)=O. The van der Waals surface area contributed by atoms with Crippen LogP contribution in [-0.4, -0.2) is 50.3 Å². The van der Waals surface area contributed by atoms with Crippen molar-refractivity contribution in [1.29, 1.82) is 0 Å². The number of aromatic nitrogens is 1. The van der Waals surface area contributed by atoms with Gasteiger partial charge in [0.2, 0.25) is 11.8 Å². The molecule has 1 unspecified atom stereocenters. The molecule has 166 valence electrons. The van der Waals surface area contributed by atoms with Crippen molar-refractivity contribution in [2.24, 2.45) is 5.92 Å². The number of hydrogen-bond donors (Lipinski definition) is 1. The lowest BCUT2D eigenvalue weighted by molar-refractivity contribution is -0.117. The summed E-state index contributed by atoms with van der Waals surface area (Å²) in [6, 6.07) is 12.3. The molecule has 0 spiro atoms. The van der Waals surface area contributed by atoms with Gasteiger partial charge < -0.3 is 24.6 Å². The predicted molar refractivity (Wildman–Crippen MR) is 123 cm³/mol. The Balaban J connectivity index is 1.77. The zero-order valence-corrected chi connectivity index (χ0v) is 18.8. The third-order valence-electron chi connectivity index (χ3n) is 6.44. The molecule has 4 rings (SSSR count). The van der Waals surface area contributed by atoms with Crippen LogP contribution in [0, 0.1) is 5.92 Å². The number of nitrogens with zero attached hydrogens (tertiary/aromatic N) is 3. The molecule has 0 bridgehead atoms. The van der Waals surface area contributed by atoms with Crippen molar-refractivity contribution in [2.75, 3.05) is 48.5 Å². The van der Waals surface area contributed by atoms with E-state index in [0.29, 0.717) is 5.88 Å². The molecule has 1 saturated heterocycles. The van der Waals surface area contributed by atoms with Gasteiger partial charge in [-0.3, -0.25) is 4.79 Å². The van der Waals surface area contributed by atoms with E-state index in [-0.39, 0.29) is 23.9 Å². The van der Waals surface area contributed by atoms with Crippen LogP contribution in [0.4, 0.5) is 17.2 Å². The van der Waals surface area contributed by atoms with Gasteiger partial charge in [0, 0.05) is 55.0 Å². The first-order valence-corrected chi connectivity index (χ1v) is 11.1. The summed E-state index contributed by atoms with van der Waals surface area (Å²) in [7, 11) is 1.62. The molecule has 1 fully saturated rings. The van der Waals surface area contributed by atoms with E-state index in [9.17, 15) is 4.79 Å². The molecule has 2 aromatic rings. The van der Waals surface area contributed by atoms with E-state index in [1.54, 1.807) is 14.0 Å². The van der Waals surface area contributed by atoms with Gasteiger partial charge in [0.15, 0.2) is 0 Å². The molecule has 2 aliphatic rings. The summed E-state index contributed by atoms with van der Waals surface area (Å²) in [4.78, 5) is 21.5. The van der Waals surface area contributed by atoms with Crippen LogP contribution in [-0.2, 0) is 9.53 Å². The zero-order valence-electron chi connectivity index (χ0n) is 18.8. The van der Waals surface area contributed by atoms with Gasteiger partial charge in [-0.2, -0.15) is 4.98 Å². The second-order valence-electron chi connectivity index (χ2n) is 8.25. The normalized spacial score (nSPS) is 23.3. The van der Waals surface area contributed by atoms with Crippen molar-refractivity contribution < 1.29 is 14.3 Å². The summed E-state index contributed by atoms with van der Waals surface area (Å²) in [6.07, 6.45) is 0.884. The molecular formula is C24H32N4O3. The molecule has 3 atom stereocenters. The van der Waals surface area contributed by atoms with Gasteiger partial charge in [0.05, 0.1) is 26.4 Å². The van der Waals surface area contributed by atoms with Gasteiger partial charge in [-0.05, 0) is 30.7 Å². The van der Waals surface area contributed by atoms with Gasteiger partial charge in [0.1, 0.15) is 5.82 Å². The molecule has 7 heteroatoms. The van der Waals surface area contributed by atoms with Crippen LogP contribution >= 0.6 is 0 Å². The third kappa shape index (κ3) is 4.19. The van der Waals surface area contributed by atoms with Crippen LogP contribution < -0.4 is 19.9 Å². The Labute approximate surface area is 184 Å². The van der Waals surface area contributed by atoms with E-state index < -0.39 is 0 Å². The lowest BCUT2D eigenvalue weighted by Crippen LogP contribution is -2.49. The number of benzene rings is 1. The second-order valence-corrected chi connectivity index (χ2v) is 8.25. The van der Waals surface area contributed by atoms with Crippen LogP contribution in [0.3, 0.4) is 0 Å². The molecule has 1 aromatic carbocycles. The van der Waals surface area contributed by atoms with Gasteiger partial charge in [0.25, 0.3) is 0 Å². The lowest BCUT2D eigenvalue weighted by atomic mass is 9.80. The molecule has 7 nitrogen and oxygen atoms in total. The van der Waals surface area contributed by atoms with E-state index in [1.807, 2.05) is 23.1 Å². The van der Waals surface area contributed by atoms with E-state index in [0.717, 1.165) is 55.5 Å². The van der Waals surface area contributed by atoms with Gasteiger partial charge in [-0.1, -0.05) is 19.9 Å². The van der Waals surface area contributed by atoms with E-state index in [2.05, 4.69) is 47.2 Å². The average molecular weight is 425 g/mol. The first-order chi connectivity index (χ1) is 15.0. The van der Waals surface area contributed by atoms with Gasteiger partial charge in [-0.25, -0.2) is 0 Å². The number of nitrogens with one attached hydrogen (secondary N) is 1. The number of ether oxygens (including phenoxy) is 2. The third-order valence-corrected chi connectivity index (χ3v) is 6.44. The Morgan fingerprint density at radius 2 is 2.03 bits per heavy atom. The number of anilines is 3. The summed E-state index contributed by atoms with van der Waals surface area (Å²) in [5.74, 6) is 1.63. The van der Waals surface area contributed by atoms with Crippen LogP contribution in [0.15, 0.2) is 36.4 Å². The number of fused-ring (bicyclic) bond motifs is 1. The van der Waals surface area contributed by atoms with Crippen molar-refractivity contribution in [1.82, 2.24) is 4.98 Å². The number of hydrogen-bond acceptors (Lipinski definition) is 6. The molecule has 31 heavy (non-hydrogen) atoms. The summed E-state index contributed by atoms with van der Waals surface area (Å²) in [5.41, 5.74) is 3.27. The minimum Gasteiger partial charge on any atom is -0.481 e. The maximum absolute atomic E-state index is 12.7. The highest BCUT2D eigenvalue weighted by Crippen LogP contribution is 2.45. The number of carbonyl (C=O) groups is 1. The Bertz CT molecular complexity index is 929. The van der Waals surface area contributed by atoms with Crippen molar-refractivity contribution in [2.45, 2.75) is 39.3 Å². The number of methoxy groups -OCH3 is 1. The molecule has 1 N–H and O–H groups in total. The molecule has 1 aromatic heterocycles. The summed E-state index contributed by atoms with van der Waals surface area (Å²) >= 11 is 0. The highest BCUT2D eigenvalue weighted by atomic mass is 16.5. The largest absolute Gasteiger partial charge is 0.481 e. The maximum atomic E-state index is 12.7. The molecular weight excluding hydrogens is 392 g/mol. The summed E-state index contributed by atoms with van der Waals surface area (Å²) < 4.78 is 10.8. The predicted octanol–water partition coefficient (Wildman–Crippen LogP) is 3.86. The van der Waals surface area contributed by atoms with Crippen molar-refractivity contribution in [3.05, 3.63) is 42.0 Å². The molecule has 0 aliphatic carbocycles. The minimum atomic E-state index is 0.0242. The van der Waals surface area contributed by atoms with E-state index >= 15 is 0 Å². The Kier molecular flexibility index (Phi) is 6.32. The van der Waals surface area contributed by atoms with Crippen LogP contribution in [0.2, 0.25) is 0 Å². The molecule has 2 aliphatic heterocycles. The molecule has 1 amide bonds. The van der Waals surface area contributed by atoms with E-state index in [1.165, 1.54) is 0 Å². The number of morpholine rings is 1. The number of pyridine rings is 1. The lowest BCUT2D eigenvalue weighted by Gasteiger charge is -2.45. The summed E-state index contributed by atoms with van der Waals surface area (Å²) in [5, 5.41) is 3.64.